The summed E-state index contributed by atoms with van der Waals surface area (Å²) in [5.41, 5.74) is 2.44. The lowest BCUT2D eigenvalue weighted by molar-refractivity contribution is -0.133. The minimum atomic E-state index is -0.0580. The van der Waals surface area contributed by atoms with Gasteiger partial charge in [0.05, 0.1) is 12.6 Å². The molecule has 0 saturated carbocycles. The van der Waals surface area contributed by atoms with Gasteiger partial charge in [0.15, 0.2) is 0 Å². The molecule has 3 heteroatoms. The molecule has 0 spiro atoms. The Kier molecular flexibility index (Phi) is 2.73. The van der Waals surface area contributed by atoms with Crippen LogP contribution >= 0.6 is 0 Å². The van der Waals surface area contributed by atoms with Gasteiger partial charge in [-0.1, -0.05) is 24.3 Å². The molecule has 0 saturated heterocycles. The van der Waals surface area contributed by atoms with E-state index in [1.54, 1.807) is 11.8 Å². The van der Waals surface area contributed by atoms with Gasteiger partial charge in [-0.15, -0.1) is 0 Å². The lowest BCUT2D eigenvalue weighted by Crippen LogP contribution is -2.45. The molecule has 0 fully saturated rings. The Labute approximate surface area is 89.3 Å². The highest BCUT2D eigenvalue weighted by Crippen LogP contribution is 2.22. The zero-order chi connectivity index (χ0) is 10.8. The summed E-state index contributed by atoms with van der Waals surface area (Å²) in [5.74, 6) is 0.0311. The van der Waals surface area contributed by atoms with E-state index in [9.17, 15) is 9.90 Å². The van der Waals surface area contributed by atoms with Crippen LogP contribution in [-0.2, 0) is 17.8 Å². The van der Waals surface area contributed by atoms with E-state index in [0.29, 0.717) is 6.54 Å². The van der Waals surface area contributed by atoms with Gasteiger partial charge in [0.25, 0.3) is 0 Å². The largest absolute Gasteiger partial charge is 0.394 e. The Morgan fingerprint density at radius 3 is 2.73 bits per heavy atom. The maximum absolute atomic E-state index is 11.4. The molecule has 0 aliphatic carbocycles. The highest BCUT2D eigenvalue weighted by Gasteiger charge is 2.26. The second-order valence-electron chi connectivity index (χ2n) is 3.96. The molecule has 0 bridgehead atoms. The number of aliphatic hydroxyl groups is 1. The molecule has 1 atom stereocenters. The van der Waals surface area contributed by atoms with Crippen LogP contribution in [0.5, 0.6) is 0 Å². The Balaban J connectivity index is 2.30. The summed E-state index contributed by atoms with van der Waals surface area (Å²) in [6.07, 6.45) is 0.756. The quantitative estimate of drug-likeness (QED) is 0.741. The molecule has 80 valence electrons. The van der Waals surface area contributed by atoms with Gasteiger partial charge in [-0.3, -0.25) is 4.79 Å². The molecule has 15 heavy (non-hydrogen) atoms. The fourth-order valence-electron chi connectivity index (χ4n) is 2.12. The third kappa shape index (κ3) is 1.88. The van der Waals surface area contributed by atoms with Crippen molar-refractivity contribution in [3.63, 3.8) is 0 Å². The number of nitrogens with zero attached hydrogens (tertiary/aromatic N) is 1. The SMILES string of the molecule is CC(=O)N1Cc2ccccc2C[C@H]1CO. The van der Waals surface area contributed by atoms with Crippen molar-refractivity contribution >= 4 is 5.91 Å². The van der Waals surface area contributed by atoms with E-state index in [4.69, 9.17) is 0 Å². The number of hydrogen-bond donors (Lipinski definition) is 1. The number of benzene rings is 1. The molecular formula is C12H15NO2. The van der Waals surface area contributed by atoms with Gasteiger partial charge in [-0.25, -0.2) is 0 Å². The molecule has 0 radical (unpaired) electrons. The fourth-order valence-corrected chi connectivity index (χ4v) is 2.12. The van der Waals surface area contributed by atoms with Gasteiger partial charge in [-0.2, -0.15) is 0 Å². The minimum absolute atomic E-state index is 0.0311. The highest BCUT2D eigenvalue weighted by atomic mass is 16.3. The predicted molar refractivity (Wildman–Crippen MR) is 57.2 cm³/mol. The smallest absolute Gasteiger partial charge is 0.220 e. The number of aliphatic hydroxyl groups excluding tert-OH is 1. The number of amides is 1. The molecule has 1 aromatic carbocycles. The van der Waals surface area contributed by atoms with Crippen LogP contribution in [-0.4, -0.2) is 28.6 Å². The van der Waals surface area contributed by atoms with Crippen LogP contribution < -0.4 is 0 Å². The van der Waals surface area contributed by atoms with Crippen LogP contribution in [0.3, 0.4) is 0 Å². The van der Waals surface area contributed by atoms with Crippen molar-refractivity contribution in [1.82, 2.24) is 4.90 Å². The first-order valence-corrected chi connectivity index (χ1v) is 5.17. The van der Waals surface area contributed by atoms with E-state index in [0.717, 1.165) is 6.42 Å². The standard InChI is InChI=1S/C12H15NO2/c1-9(15)13-7-11-5-3-2-4-10(11)6-12(13)8-14/h2-5,12,14H,6-8H2,1H3/t12-/m0/s1. The van der Waals surface area contributed by atoms with Gasteiger partial charge >= 0.3 is 0 Å². The Hall–Kier alpha value is -1.35. The number of fused-ring (bicyclic) bond motifs is 1. The van der Waals surface area contributed by atoms with Crippen LogP contribution in [0, 0.1) is 0 Å². The van der Waals surface area contributed by atoms with Crippen molar-refractivity contribution in [3.05, 3.63) is 35.4 Å². The van der Waals surface area contributed by atoms with E-state index >= 15 is 0 Å². The van der Waals surface area contributed by atoms with Gasteiger partial charge in [0.2, 0.25) is 5.91 Å². The topological polar surface area (TPSA) is 40.5 Å². The van der Waals surface area contributed by atoms with E-state index in [-0.39, 0.29) is 18.6 Å². The van der Waals surface area contributed by atoms with Crippen LogP contribution in [0.15, 0.2) is 24.3 Å². The fraction of sp³-hybridized carbons (Fsp3) is 0.417. The van der Waals surface area contributed by atoms with Crippen LogP contribution in [0.2, 0.25) is 0 Å². The average molecular weight is 205 g/mol. The van der Waals surface area contributed by atoms with Gasteiger partial charge in [-0.05, 0) is 17.5 Å². The first-order valence-electron chi connectivity index (χ1n) is 5.17. The summed E-state index contributed by atoms with van der Waals surface area (Å²) in [6.45, 7) is 2.21. The van der Waals surface area contributed by atoms with Crippen LogP contribution in [0.4, 0.5) is 0 Å². The van der Waals surface area contributed by atoms with E-state index in [1.165, 1.54) is 11.1 Å². The second kappa shape index (κ2) is 4.03. The molecule has 1 N–H and O–H groups in total. The van der Waals surface area contributed by atoms with Crippen molar-refractivity contribution in [2.24, 2.45) is 0 Å². The average Bonchev–Trinajstić information content (AvgIpc) is 2.27. The van der Waals surface area contributed by atoms with Crippen molar-refractivity contribution in [1.29, 1.82) is 0 Å². The predicted octanol–water partition coefficient (Wildman–Crippen LogP) is 0.952. The minimum Gasteiger partial charge on any atom is -0.394 e. The number of carbonyl (C=O) groups is 1. The van der Waals surface area contributed by atoms with Gasteiger partial charge in [0, 0.05) is 13.5 Å². The molecule has 1 aliphatic heterocycles. The number of hydrogen-bond acceptors (Lipinski definition) is 2. The van der Waals surface area contributed by atoms with Gasteiger partial charge < -0.3 is 10.0 Å². The molecule has 1 aliphatic rings. The van der Waals surface area contributed by atoms with Crippen molar-refractivity contribution in [3.8, 4) is 0 Å². The van der Waals surface area contributed by atoms with E-state index in [1.807, 2.05) is 18.2 Å². The first kappa shape index (κ1) is 10.2. The number of rotatable bonds is 1. The summed E-state index contributed by atoms with van der Waals surface area (Å²) >= 11 is 0. The summed E-state index contributed by atoms with van der Waals surface area (Å²) in [7, 11) is 0. The normalized spacial score (nSPS) is 19.9. The Bertz CT molecular complexity index is 376. The highest BCUT2D eigenvalue weighted by molar-refractivity contribution is 5.74. The zero-order valence-electron chi connectivity index (χ0n) is 8.81. The van der Waals surface area contributed by atoms with Crippen molar-refractivity contribution in [2.75, 3.05) is 6.61 Å². The molecule has 1 amide bonds. The molecule has 1 heterocycles. The Morgan fingerprint density at radius 2 is 2.13 bits per heavy atom. The molecule has 0 aromatic heterocycles. The van der Waals surface area contributed by atoms with E-state index in [2.05, 4.69) is 6.07 Å². The lowest BCUT2D eigenvalue weighted by Gasteiger charge is -2.35. The third-order valence-electron chi connectivity index (χ3n) is 2.97. The molecule has 0 unspecified atom stereocenters. The van der Waals surface area contributed by atoms with Crippen LogP contribution in [0.1, 0.15) is 18.1 Å². The molecule has 3 nitrogen and oxygen atoms in total. The van der Waals surface area contributed by atoms with Crippen LogP contribution in [0.25, 0.3) is 0 Å². The third-order valence-corrected chi connectivity index (χ3v) is 2.97. The molecule has 1 aromatic rings. The lowest BCUT2D eigenvalue weighted by atomic mass is 9.94. The summed E-state index contributed by atoms with van der Waals surface area (Å²) in [5, 5.41) is 9.24. The summed E-state index contributed by atoms with van der Waals surface area (Å²) in [6, 6.07) is 8.03. The molecule has 2 rings (SSSR count). The maximum atomic E-state index is 11.4. The number of carbonyl (C=O) groups excluding carboxylic acids is 1. The van der Waals surface area contributed by atoms with E-state index < -0.39 is 0 Å². The first-order chi connectivity index (χ1) is 7.22. The molecular weight excluding hydrogens is 190 g/mol. The summed E-state index contributed by atoms with van der Waals surface area (Å²) in [4.78, 5) is 13.1. The van der Waals surface area contributed by atoms with Crippen molar-refractivity contribution < 1.29 is 9.90 Å². The second-order valence-corrected chi connectivity index (χ2v) is 3.96. The van der Waals surface area contributed by atoms with Crippen molar-refractivity contribution in [2.45, 2.75) is 25.9 Å². The zero-order valence-corrected chi connectivity index (χ0v) is 8.81. The summed E-state index contributed by atoms with van der Waals surface area (Å²) < 4.78 is 0. The monoisotopic (exact) mass is 205 g/mol. The van der Waals surface area contributed by atoms with Gasteiger partial charge in [0.1, 0.15) is 0 Å². The maximum Gasteiger partial charge on any atom is 0.220 e. The Morgan fingerprint density at radius 1 is 1.47 bits per heavy atom.